The Bertz CT molecular complexity index is 3740. The van der Waals surface area contributed by atoms with Gasteiger partial charge in [0.2, 0.25) is 0 Å². The van der Waals surface area contributed by atoms with E-state index in [9.17, 15) is 0 Å². The van der Waals surface area contributed by atoms with Gasteiger partial charge in [0, 0.05) is 70.4 Å². The van der Waals surface area contributed by atoms with Crippen LogP contribution in [0.2, 0.25) is 0 Å². The van der Waals surface area contributed by atoms with Crippen LogP contribution in [0.15, 0.2) is 219 Å². The van der Waals surface area contributed by atoms with E-state index < -0.39 is 0 Å². The minimum atomic E-state index is 0.796. The van der Waals surface area contributed by atoms with Crippen molar-refractivity contribution in [2.45, 2.75) is 45.4 Å². The molecule has 6 heterocycles. The Morgan fingerprint density at radius 2 is 0.662 bits per heavy atom. The van der Waals surface area contributed by atoms with E-state index in [1.54, 1.807) is 0 Å². The number of fused-ring (bicyclic) bond motifs is 18. The van der Waals surface area contributed by atoms with Crippen molar-refractivity contribution in [3.63, 3.8) is 0 Å². The summed E-state index contributed by atoms with van der Waals surface area (Å²) in [5, 5.41) is 0. The van der Waals surface area contributed by atoms with Crippen LogP contribution in [-0.4, -0.2) is 32.0 Å². The van der Waals surface area contributed by atoms with Crippen LogP contribution in [0, 0.1) is 6.92 Å². The molecule has 0 radical (unpaired) electrons. The molecule has 0 saturated carbocycles. The molecule has 0 saturated heterocycles. The maximum atomic E-state index is 2.55. The van der Waals surface area contributed by atoms with E-state index in [1.165, 1.54) is 135 Å². The van der Waals surface area contributed by atoms with Gasteiger partial charge in [0.05, 0.1) is 54.2 Å². The van der Waals surface area contributed by atoms with Crippen molar-refractivity contribution in [2.24, 2.45) is 0 Å². The first-order valence-electron chi connectivity index (χ1n) is 27.6. The molecule has 6 nitrogen and oxygen atoms in total. The first-order chi connectivity index (χ1) is 38.0. The summed E-state index contributed by atoms with van der Waals surface area (Å²) in [6, 6.07) is 75.2. The summed E-state index contributed by atoms with van der Waals surface area (Å²) in [6.07, 6.45) is 12.8. The SMILES string of the molecule is Cc1c(CCc2ccc3c(c2)-c2ccccc2C2=CN(c4ccccc4)CN23)cc(CCc2ccc3c(c2)-c2ccccc2C2=CN(C)CN23)cc1CCc1ccc2c(c1)-c1ccccc1C1=CN(c3ccccc3)CN12. The number of hydrogen-bond donors (Lipinski definition) is 0. The Kier molecular flexibility index (Phi) is 10.8. The van der Waals surface area contributed by atoms with Gasteiger partial charge < -0.3 is 29.4 Å². The van der Waals surface area contributed by atoms with Gasteiger partial charge in [-0.2, -0.15) is 0 Å². The van der Waals surface area contributed by atoms with Gasteiger partial charge in [-0.25, -0.2) is 0 Å². The Labute approximate surface area is 453 Å². The Balaban J connectivity index is 0.733. The molecule has 6 heteroatoms. The number of rotatable bonds is 11. The van der Waals surface area contributed by atoms with Crippen LogP contribution < -0.4 is 24.5 Å². The first-order valence-corrected chi connectivity index (χ1v) is 27.6. The van der Waals surface area contributed by atoms with Crippen LogP contribution in [0.5, 0.6) is 0 Å². The second-order valence-electron chi connectivity index (χ2n) is 21.8. The average molecular weight is 997 g/mol. The van der Waals surface area contributed by atoms with Crippen molar-refractivity contribution in [1.29, 1.82) is 0 Å². The van der Waals surface area contributed by atoms with Gasteiger partial charge in [0.15, 0.2) is 0 Å². The highest BCUT2D eigenvalue weighted by Gasteiger charge is 2.35. The van der Waals surface area contributed by atoms with E-state index in [0.717, 1.165) is 58.5 Å². The van der Waals surface area contributed by atoms with Gasteiger partial charge in [0.1, 0.15) is 0 Å². The normalized spacial score (nSPS) is 15.1. The summed E-state index contributed by atoms with van der Waals surface area (Å²) in [6.45, 7) is 4.85. The standard InChI is InChI=1S/C71H60N6/c1-48-53(32-27-50-30-35-67-64(40-50)58-20-10-13-23-61(58)70-43-73(46-76(67)70)55-15-5-3-6-16-55)37-52(26-25-49-29-34-66-63(39-49)57-19-9-12-22-60(57)69-42-72(2)45-75(66)69)38-54(48)33-28-51-31-36-68-65(41-51)59-21-11-14-24-62(59)71-44-74(47-77(68)71)56-17-7-4-8-18-56/h3-24,29-31,34-44H,25-28,32-33,45-47H2,1-2H3. The number of nitrogens with zero attached hydrogens (tertiary/aromatic N) is 6. The van der Waals surface area contributed by atoms with Crippen LogP contribution in [0.3, 0.4) is 0 Å². The number of aryl methyl sites for hydroxylation is 6. The lowest BCUT2D eigenvalue weighted by atomic mass is 9.87. The molecule has 6 aliphatic heterocycles. The quantitative estimate of drug-likeness (QED) is 0.128. The third-order valence-corrected chi connectivity index (χ3v) is 17.2. The van der Waals surface area contributed by atoms with Crippen molar-refractivity contribution in [3.05, 3.63) is 274 Å². The molecule has 0 atom stereocenters. The van der Waals surface area contributed by atoms with Crippen LogP contribution >= 0.6 is 0 Å². The fraction of sp³-hybridized carbons (Fsp3) is 0.155. The van der Waals surface area contributed by atoms with Crippen molar-refractivity contribution in [3.8, 4) is 33.4 Å². The molecule has 0 aromatic heterocycles. The Hall–Kier alpha value is -9.00. The molecule has 15 rings (SSSR count). The summed E-state index contributed by atoms with van der Waals surface area (Å²) in [4.78, 5) is 14.5. The van der Waals surface area contributed by atoms with E-state index in [2.05, 4.69) is 262 Å². The molecule has 0 fully saturated rings. The Morgan fingerprint density at radius 1 is 0.312 bits per heavy atom. The maximum absolute atomic E-state index is 2.55. The first kappa shape index (κ1) is 45.4. The van der Waals surface area contributed by atoms with Gasteiger partial charge in [-0.05, 0) is 162 Å². The summed E-state index contributed by atoms with van der Waals surface area (Å²) in [7, 11) is 2.17. The van der Waals surface area contributed by atoms with Gasteiger partial charge in [-0.3, -0.25) is 0 Å². The molecule has 0 unspecified atom stereocenters. The molecule has 0 N–H and O–H groups in total. The fourth-order valence-electron chi connectivity index (χ4n) is 13.2. The molecular weight excluding hydrogens is 937 g/mol. The van der Waals surface area contributed by atoms with Crippen molar-refractivity contribution in [2.75, 3.05) is 51.6 Å². The smallest absolute Gasteiger partial charge is 0.0996 e. The minimum Gasteiger partial charge on any atom is -0.361 e. The molecule has 6 aliphatic rings. The molecule has 9 aromatic carbocycles. The summed E-state index contributed by atoms with van der Waals surface area (Å²) < 4.78 is 0. The minimum absolute atomic E-state index is 0.796. The third kappa shape index (κ3) is 7.84. The second-order valence-corrected chi connectivity index (χ2v) is 21.8. The monoisotopic (exact) mass is 996 g/mol. The Morgan fingerprint density at radius 3 is 1.09 bits per heavy atom. The lowest BCUT2D eigenvalue weighted by Crippen LogP contribution is -2.28. The molecular formula is C71H60N6. The van der Waals surface area contributed by atoms with E-state index in [4.69, 9.17) is 0 Å². The van der Waals surface area contributed by atoms with E-state index in [0.29, 0.717) is 0 Å². The summed E-state index contributed by atoms with van der Waals surface area (Å²) >= 11 is 0. The predicted octanol–water partition coefficient (Wildman–Crippen LogP) is 15.6. The zero-order valence-corrected chi connectivity index (χ0v) is 43.8. The number of hydrogen-bond acceptors (Lipinski definition) is 6. The summed E-state index contributed by atoms with van der Waals surface area (Å²) in [5.41, 5.74) is 31.9. The second kappa shape index (κ2) is 18.4. The summed E-state index contributed by atoms with van der Waals surface area (Å²) in [5.74, 6) is 0. The molecule has 0 amide bonds. The molecule has 0 aliphatic carbocycles. The zero-order valence-electron chi connectivity index (χ0n) is 43.8. The molecule has 0 bridgehead atoms. The van der Waals surface area contributed by atoms with Gasteiger partial charge in [-0.1, -0.05) is 140 Å². The fourth-order valence-corrected chi connectivity index (χ4v) is 13.2. The van der Waals surface area contributed by atoms with Crippen molar-refractivity contribution < 1.29 is 0 Å². The molecule has 77 heavy (non-hydrogen) atoms. The molecule has 374 valence electrons. The number of para-hydroxylation sites is 2. The largest absolute Gasteiger partial charge is 0.361 e. The zero-order chi connectivity index (χ0) is 51.1. The third-order valence-electron chi connectivity index (χ3n) is 17.2. The molecule has 0 spiro atoms. The van der Waals surface area contributed by atoms with Crippen LogP contribution in [-0.2, 0) is 38.5 Å². The maximum Gasteiger partial charge on any atom is 0.0996 e. The number of anilines is 5. The highest BCUT2D eigenvalue weighted by molar-refractivity contribution is 6.03. The van der Waals surface area contributed by atoms with Crippen molar-refractivity contribution >= 4 is 45.5 Å². The van der Waals surface area contributed by atoms with E-state index >= 15 is 0 Å². The van der Waals surface area contributed by atoms with Crippen LogP contribution in [0.1, 0.15) is 55.6 Å². The number of benzene rings is 9. The predicted molar refractivity (Wildman–Crippen MR) is 321 cm³/mol. The average Bonchev–Trinajstić information content (AvgIpc) is 4.27. The van der Waals surface area contributed by atoms with Gasteiger partial charge in [0.25, 0.3) is 0 Å². The van der Waals surface area contributed by atoms with Gasteiger partial charge in [-0.15, -0.1) is 0 Å². The van der Waals surface area contributed by atoms with Crippen LogP contribution in [0.25, 0.3) is 50.5 Å². The van der Waals surface area contributed by atoms with E-state index in [-0.39, 0.29) is 0 Å². The highest BCUT2D eigenvalue weighted by Crippen LogP contribution is 2.50. The topological polar surface area (TPSA) is 19.4 Å². The lowest BCUT2D eigenvalue weighted by Gasteiger charge is -2.32. The highest BCUT2D eigenvalue weighted by atomic mass is 15.4. The van der Waals surface area contributed by atoms with Gasteiger partial charge >= 0.3 is 0 Å². The van der Waals surface area contributed by atoms with E-state index in [1.807, 2.05) is 0 Å². The van der Waals surface area contributed by atoms with Crippen molar-refractivity contribution in [1.82, 2.24) is 4.90 Å². The lowest BCUT2D eigenvalue weighted by molar-refractivity contribution is 0.496. The van der Waals surface area contributed by atoms with Crippen LogP contribution in [0.4, 0.5) is 28.4 Å². The molecule has 9 aromatic rings.